The van der Waals surface area contributed by atoms with Crippen LogP contribution in [0.2, 0.25) is 4.34 Å². The second-order valence-corrected chi connectivity index (χ2v) is 7.49. The van der Waals surface area contributed by atoms with Crippen LogP contribution in [0.25, 0.3) is 0 Å². The molecule has 4 N–H and O–H groups in total. The SMILES string of the molecule is C=CC[NH+](Cc1ccc(Cl)s1)[C@@H](C)C(=O)Nc1ccc(C(N)=O)cc1. The second-order valence-electron chi connectivity index (χ2n) is 5.69. The van der Waals surface area contributed by atoms with E-state index in [9.17, 15) is 9.59 Å². The summed E-state index contributed by atoms with van der Waals surface area (Å²) in [4.78, 5) is 25.8. The molecule has 2 aromatic rings. The van der Waals surface area contributed by atoms with E-state index in [0.29, 0.717) is 24.3 Å². The van der Waals surface area contributed by atoms with Crippen LogP contribution in [0.15, 0.2) is 49.1 Å². The maximum atomic E-state index is 12.6. The fraction of sp³-hybridized carbons (Fsp3) is 0.222. The number of quaternary nitrogens is 1. The van der Waals surface area contributed by atoms with Gasteiger partial charge in [-0.1, -0.05) is 18.2 Å². The van der Waals surface area contributed by atoms with Gasteiger partial charge >= 0.3 is 0 Å². The van der Waals surface area contributed by atoms with Crippen molar-refractivity contribution in [1.82, 2.24) is 0 Å². The number of anilines is 1. The number of amides is 2. The van der Waals surface area contributed by atoms with E-state index in [-0.39, 0.29) is 11.9 Å². The molecule has 1 heterocycles. The summed E-state index contributed by atoms with van der Waals surface area (Å²) in [5, 5.41) is 2.87. The van der Waals surface area contributed by atoms with Crippen LogP contribution < -0.4 is 16.0 Å². The zero-order valence-corrected chi connectivity index (χ0v) is 15.5. The third-order valence-corrected chi connectivity index (χ3v) is 5.11. The van der Waals surface area contributed by atoms with Gasteiger partial charge in [-0.15, -0.1) is 11.3 Å². The summed E-state index contributed by atoms with van der Waals surface area (Å²) in [6.07, 6.45) is 1.80. The predicted octanol–water partition coefficient (Wildman–Crippen LogP) is 2.10. The molecule has 7 heteroatoms. The Labute approximate surface area is 156 Å². The molecule has 1 aromatic heterocycles. The highest BCUT2D eigenvalue weighted by Crippen LogP contribution is 2.20. The van der Waals surface area contributed by atoms with E-state index in [1.54, 1.807) is 30.3 Å². The van der Waals surface area contributed by atoms with Crippen molar-refractivity contribution in [3.05, 3.63) is 63.8 Å². The van der Waals surface area contributed by atoms with Gasteiger partial charge in [-0.3, -0.25) is 9.59 Å². The average molecular weight is 379 g/mol. The summed E-state index contributed by atoms with van der Waals surface area (Å²) >= 11 is 7.50. The van der Waals surface area contributed by atoms with Gasteiger partial charge in [-0.2, -0.15) is 0 Å². The molecule has 0 saturated carbocycles. The van der Waals surface area contributed by atoms with Crippen molar-refractivity contribution in [2.24, 2.45) is 5.73 Å². The van der Waals surface area contributed by atoms with Gasteiger partial charge in [0, 0.05) is 11.3 Å². The minimum atomic E-state index is -0.498. The molecule has 0 spiro atoms. The molecule has 0 aliphatic carbocycles. The van der Waals surface area contributed by atoms with Crippen LogP contribution >= 0.6 is 22.9 Å². The molecule has 0 aliphatic rings. The summed E-state index contributed by atoms with van der Waals surface area (Å²) < 4.78 is 0.736. The van der Waals surface area contributed by atoms with Gasteiger partial charge in [0.15, 0.2) is 6.04 Å². The molecule has 5 nitrogen and oxygen atoms in total. The van der Waals surface area contributed by atoms with E-state index >= 15 is 0 Å². The van der Waals surface area contributed by atoms with E-state index in [0.717, 1.165) is 14.1 Å². The second kappa shape index (κ2) is 8.80. The lowest BCUT2D eigenvalue weighted by Gasteiger charge is -2.23. The minimum Gasteiger partial charge on any atom is -0.366 e. The third-order valence-electron chi connectivity index (χ3n) is 3.88. The molecule has 25 heavy (non-hydrogen) atoms. The van der Waals surface area contributed by atoms with Crippen LogP contribution in [0.1, 0.15) is 22.2 Å². The summed E-state index contributed by atoms with van der Waals surface area (Å²) in [6.45, 7) is 7.01. The van der Waals surface area contributed by atoms with Gasteiger partial charge in [-0.05, 0) is 49.4 Å². The number of primary amides is 1. The first kappa shape index (κ1) is 19.2. The number of carbonyl (C=O) groups is 2. The molecule has 0 saturated heterocycles. The van der Waals surface area contributed by atoms with Crippen molar-refractivity contribution in [1.29, 1.82) is 0 Å². The van der Waals surface area contributed by atoms with Crippen molar-refractivity contribution >= 4 is 40.4 Å². The van der Waals surface area contributed by atoms with Crippen molar-refractivity contribution in [2.75, 3.05) is 11.9 Å². The Kier molecular flexibility index (Phi) is 6.75. The lowest BCUT2D eigenvalue weighted by Crippen LogP contribution is -3.15. The zero-order chi connectivity index (χ0) is 18.4. The molecular weight excluding hydrogens is 358 g/mol. The lowest BCUT2D eigenvalue weighted by molar-refractivity contribution is -0.921. The highest BCUT2D eigenvalue weighted by atomic mass is 35.5. The molecule has 0 fully saturated rings. The maximum absolute atomic E-state index is 12.6. The summed E-state index contributed by atoms with van der Waals surface area (Å²) in [5.41, 5.74) is 6.24. The molecule has 132 valence electrons. The zero-order valence-electron chi connectivity index (χ0n) is 13.9. The number of thiophene rings is 1. The number of nitrogens with one attached hydrogen (secondary N) is 2. The largest absolute Gasteiger partial charge is 0.366 e. The van der Waals surface area contributed by atoms with E-state index in [4.69, 9.17) is 17.3 Å². The number of carbonyl (C=O) groups excluding carboxylic acids is 2. The molecular formula is C18H21ClN3O2S+. The molecule has 2 rings (SSSR count). The fourth-order valence-electron chi connectivity index (χ4n) is 2.41. The predicted molar refractivity (Wildman–Crippen MR) is 102 cm³/mol. The van der Waals surface area contributed by atoms with Crippen LogP contribution in [0.3, 0.4) is 0 Å². The molecule has 2 atom stereocenters. The Bertz CT molecular complexity index is 758. The van der Waals surface area contributed by atoms with E-state index in [1.165, 1.54) is 11.3 Å². The Balaban J connectivity index is 2.04. The van der Waals surface area contributed by atoms with Crippen molar-refractivity contribution in [3.63, 3.8) is 0 Å². The standard InChI is InChI=1S/C18H20ClN3O2S/c1-3-10-22(11-15-8-9-16(19)25-15)12(2)18(24)21-14-6-4-13(5-7-14)17(20)23/h3-9,12H,1,10-11H2,2H3,(H2,20,23)(H,21,24)/p+1/t12-/m0/s1. The smallest absolute Gasteiger partial charge is 0.282 e. The van der Waals surface area contributed by atoms with E-state index in [1.807, 2.05) is 19.1 Å². The summed E-state index contributed by atoms with van der Waals surface area (Å²) in [6, 6.07) is 10.1. The van der Waals surface area contributed by atoms with Gasteiger partial charge in [0.25, 0.3) is 5.91 Å². The summed E-state index contributed by atoms with van der Waals surface area (Å²) in [5.74, 6) is -0.603. The number of hydrogen-bond donors (Lipinski definition) is 3. The highest BCUT2D eigenvalue weighted by molar-refractivity contribution is 7.16. The Hall–Kier alpha value is -2.15. The van der Waals surface area contributed by atoms with Crippen molar-refractivity contribution in [2.45, 2.75) is 19.5 Å². The van der Waals surface area contributed by atoms with Gasteiger partial charge in [0.2, 0.25) is 5.91 Å². The molecule has 2 amide bonds. The normalized spacial score (nSPS) is 13.0. The molecule has 0 aliphatic heterocycles. The number of halogens is 1. The van der Waals surface area contributed by atoms with Crippen LogP contribution in [0.4, 0.5) is 5.69 Å². The number of benzene rings is 1. The number of rotatable bonds is 8. The first-order valence-corrected chi connectivity index (χ1v) is 9.00. The average Bonchev–Trinajstić information content (AvgIpc) is 2.99. The monoisotopic (exact) mass is 378 g/mol. The quantitative estimate of drug-likeness (QED) is 0.615. The molecule has 0 radical (unpaired) electrons. The van der Waals surface area contributed by atoms with Crippen LogP contribution in [-0.2, 0) is 11.3 Å². The van der Waals surface area contributed by atoms with Gasteiger partial charge < -0.3 is 16.0 Å². The van der Waals surface area contributed by atoms with Crippen LogP contribution in [0, 0.1) is 0 Å². The minimum absolute atomic E-state index is 0.105. The Morgan fingerprint density at radius 1 is 1.32 bits per heavy atom. The van der Waals surface area contributed by atoms with Crippen molar-refractivity contribution < 1.29 is 14.5 Å². The Morgan fingerprint density at radius 3 is 2.52 bits per heavy atom. The fourth-order valence-corrected chi connectivity index (χ4v) is 3.55. The van der Waals surface area contributed by atoms with Crippen LogP contribution in [0.5, 0.6) is 0 Å². The third kappa shape index (κ3) is 5.42. The topological polar surface area (TPSA) is 76.6 Å². The highest BCUT2D eigenvalue weighted by Gasteiger charge is 2.25. The number of hydrogen-bond acceptors (Lipinski definition) is 3. The Morgan fingerprint density at radius 2 is 2.00 bits per heavy atom. The van der Waals surface area contributed by atoms with Gasteiger partial charge in [0.1, 0.15) is 6.54 Å². The summed E-state index contributed by atoms with van der Waals surface area (Å²) in [7, 11) is 0. The maximum Gasteiger partial charge on any atom is 0.282 e. The molecule has 1 unspecified atom stereocenters. The van der Waals surface area contributed by atoms with Gasteiger partial charge in [0.05, 0.1) is 15.8 Å². The molecule has 1 aromatic carbocycles. The molecule has 0 bridgehead atoms. The first-order valence-electron chi connectivity index (χ1n) is 7.81. The van der Waals surface area contributed by atoms with E-state index < -0.39 is 5.91 Å². The van der Waals surface area contributed by atoms with Gasteiger partial charge in [-0.25, -0.2) is 0 Å². The first-order chi connectivity index (χ1) is 11.9. The number of nitrogens with two attached hydrogens (primary N) is 1. The van der Waals surface area contributed by atoms with E-state index in [2.05, 4.69) is 11.9 Å². The van der Waals surface area contributed by atoms with Crippen molar-refractivity contribution in [3.8, 4) is 0 Å². The lowest BCUT2D eigenvalue weighted by atomic mass is 10.2. The van der Waals surface area contributed by atoms with Crippen LogP contribution in [-0.4, -0.2) is 24.4 Å².